The van der Waals surface area contributed by atoms with Crippen molar-refractivity contribution in [3.8, 4) is 11.5 Å². The number of para-hydroxylation sites is 1. The van der Waals surface area contributed by atoms with Crippen LogP contribution in [0.15, 0.2) is 42.5 Å². The highest BCUT2D eigenvalue weighted by molar-refractivity contribution is 5.91. The maximum atomic E-state index is 12.2. The largest absolute Gasteiger partial charge is 0.493 e. The van der Waals surface area contributed by atoms with Gasteiger partial charge in [-0.25, -0.2) is 0 Å². The first-order valence-electron chi connectivity index (χ1n) is 7.76. The molecule has 4 nitrogen and oxygen atoms in total. The fourth-order valence-corrected chi connectivity index (χ4v) is 2.46. The van der Waals surface area contributed by atoms with Gasteiger partial charge in [-0.05, 0) is 42.2 Å². The molecular weight excluding hydrogens is 290 g/mol. The molecule has 0 unspecified atom stereocenters. The van der Waals surface area contributed by atoms with Crippen molar-refractivity contribution in [2.24, 2.45) is 0 Å². The molecule has 0 bridgehead atoms. The molecule has 0 atom stereocenters. The van der Waals surface area contributed by atoms with E-state index < -0.39 is 0 Å². The quantitative estimate of drug-likeness (QED) is 0.845. The number of benzene rings is 2. The van der Waals surface area contributed by atoms with Crippen molar-refractivity contribution in [3.05, 3.63) is 53.6 Å². The molecule has 0 saturated carbocycles. The van der Waals surface area contributed by atoms with E-state index in [1.807, 2.05) is 42.5 Å². The van der Waals surface area contributed by atoms with E-state index in [2.05, 4.69) is 12.2 Å². The zero-order valence-corrected chi connectivity index (χ0v) is 13.9. The van der Waals surface area contributed by atoms with Crippen molar-refractivity contribution in [3.63, 3.8) is 0 Å². The molecule has 0 spiro atoms. The monoisotopic (exact) mass is 313 g/mol. The summed E-state index contributed by atoms with van der Waals surface area (Å²) in [6.45, 7) is 2.08. The summed E-state index contributed by atoms with van der Waals surface area (Å²) in [6.07, 6.45) is 1.97. The first kappa shape index (κ1) is 16.9. The molecule has 2 rings (SSSR count). The van der Waals surface area contributed by atoms with E-state index in [1.165, 1.54) is 0 Å². The molecule has 122 valence electrons. The number of aryl methyl sites for hydroxylation is 2. The second-order valence-corrected chi connectivity index (χ2v) is 5.25. The number of anilines is 1. The van der Waals surface area contributed by atoms with Crippen molar-refractivity contribution < 1.29 is 14.3 Å². The second-order valence-electron chi connectivity index (χ2n) is 5.25. The van der Waals surface area contributed by atoms with Crippen LogP contribution in [-0.4, -0.2) is 20.1 Å². The van der Waals surface area contributed by atoms with Gasteiger partial charge in [-0.2, -0.15) is 0 Å². The third-order valence-corrected chi connectivity index (χ3v) is 3.76. The Balaban J connectivity index is 1.96. The molecule has 2 aromatic carbocycles. The molecule has 0 saturated heterocycles. The number of nitrogens with one attached hydrogen (secondary N) is 1. The summed E-state index contributed by atoms with van der Waals surface area (Å²) in [5.41, 5.74) is 3.08. The number of hydrogen-bond acceptors (Lipinski definition) is 3. The minimum atomic E-state index is 0.0145. The minimum Gasteiger partial charge on any atom is -0.493 e. The Kier molecular flexibility index (Phi) is 6.03. The predicted molar refractivity (Wildman–Crippen MR) is 92.3 cm³/mol. The van der Waals surface area contributed by atoms with Crippen LogP contribution in [-0.2, 0) is 17.6 Å². The lowest BCUT2D eigenvalue weighted by molar-refractivity contribution is -0.116. The molecule has 23 heavy (non-hydrogen) atoms. The number of ether oxygens (including phenoxy) is 2. The van der Waals surface area contributed by atoms with Crippen LogP contribution in [0.4, 0.5) is 5.69 Å². The predicted octanol–water partition coefficient (Wildman–Crippen LogP) is 3.84. The smallest absolute Gasteiger partial charge is 0.224 e. The van der Waals surface area contributed by atoms with E-state index in [4.69, 9.17) is 9.47 Å². The number of hydrogen-bond donors (Lipinski definition) is 1. The van der Waals surface area contributed by atoms with Gasteiger partial charge in [0.25, 0.3) is 0 Å². The van der Waals surface area contributed by atoms with Crippen molar-refractivity contribution in [2.75, 3.05) is 19.5 Å². The Morgan fingerprint density at radius 2 is 1.78 bits per heavy atom. The molecule has 0 radical (unpaired) electrons. The van der Waals surface area contributed by atoms with E-state index in [0.717, 1.165) is 23.2 Å². The normalized spacial score (nSPS) is 10.2. The minimum absolute atomic E-state index is 0.0145. The molecule has 0 aliphatic rings. The maximum absolute atomic E-state index is 12.2. The highest BCUT2D eigenvalue weighted by Crippen LogP contribution is 2.28. The summed E-state index contributed by atoms with van der Waals surface area (Å²) in [7, 11) is 3.21. The lowest BCUT2D eigenvalue weighted by atomic mass is 10.1. The van der Waals surface area contributed by atoms with Gasteiger partial charge in [0.05, 0.1) is 14.2 Å². The molecule has 0 aliphatic heterocycles. The van der Waals surface area contributed by atoms with Crippen molar-refractivity contribution in [1.29, 1.82) is 0 Å². The molecule has 1 N–H and O–H groups in total. The number of carbonyl (C=O) groups is 1. The topological polar surface area (TPSA) is 47.6 Å². The van der Waals surface area contributed by atoms with Gasteiger partial charge in [0.15, 0.2) is 11.5 Å². The van der Waals surface area contributed by atoms with Crippen LogP contribution in [0.5, 0.6) is 11.5 Å². The molecule has 1 amide bonds. The van der Waals surface area contributed by atoms with Gasteiger partial charge in [-0.3, -0.25) is 4.79 Å². The molecule has 4 heteroatoms. The summed E-state index contributed by atoms with van der Waals surface area (Å²) >= 11 is 0. The Bertz CT molecular complexity index is 667. The van der Waals surface area contributed by atoms with Gasteiger partial charge in [-0.1, -0.05) is 31.2 Å². The zero-order valence-electron chi connectivity index (χ0n) is 13.9. The van der Waals surface area contributed by atoms with Crippen LogP contribution in [0.2, 0.25) is 0 Å². The number of rotatable bonds is 7. The average Bonchev–Trinajstić information content (AvgIpc) is 2.60. The first-order valence-corrected chi connectivity index (χ1v) is 7.76. The molecule has 2 aromatic rings. The van der Waals surface area contributed by atoms with Gasteiger partial charge >= 0.3 is 0 Å². The lowest BCUT2D eigenvalue weighted by Gasteiger charge is -2.11. The van der Waals surface area contributed by atoms with E-state index >= 15 is 0 Å². The summed E-state index contributed by atoms with van der Waals surface area (Å²) in [6, 6.07) is 13.6. The van der Waals surface area contributed by atoms with Gasteiger partial charge in [0, 0.05) is 12.1 Å². The Morgan fingerprint density at radius 1 is 1.04 bits per heavy atom. The van der Waals surface area contributed by atoms with Gasteiger partial charge in [-0.15, -0.1) is 0 Å². The third kappa shape index (κ3) is 4.49. The Hall–Kier alpha value is -2.49. The van der Waals surface area contributed by atoms with E-state index in [0.29, 0.717) is 24.3 Å². The first-order chi connectivity index (χ1) is 11.2. The molecule has 0 aliphatic carbocycles. The van der Waals surface area contributed by atoms with E-state index in [1.54, 1.807) is 14.2 Å². The van der Waals surface area contributed by atoms with Crippen LogP contribution in [0, 0.1) is 0 Å². The van der Waals surface area contributed by atoms with Crippen LogP contribution in [0.25, 0.3) is 0 Å². The van der Waals surface area contributed by atoms with Gasteiger partial charge in [0.1, 0.15) is 0 Å². The average molecular weight is 313 g/mol. The summed E-state index contributed by atoms with van der Waals surface area (Å²) in [4.78, 5) is 12.2. The SMILES string of the molecule is CCc1ccccc1NC(=O)CCc1ccc(OC)c(OC)c1. The van der Waals surface area contributed by atoms with Crippen LogP contribution in [0.1, 0.15) is 24.5 Å². The van der Waals surface area contributed by atoms with Crippen molar-refractivity contribution in [2.45, 2.75) is 26.2 Å². The van der Waals surface area contributed by atoms with Gasteiger partial charge in [0.2, 0.25) is 5.91 Å². The van der Waals surface area contributed by atoms with Crippen LogP contribution < -0.4 is 14.8 Å². The number of methoxy groups -OCH3 is 2. The maximum Gasteiger partial charge on any atom is 0.224 e. The van der Waals surface area contributed by atoms with Crippen LogP contribution in [0.3, 0.4) is 0 Å². The molecule has 0 aromatic heterocycles. The van der Waals surface area contributed by atoms with Crippen molar-refractivity contribution >= 4 is 11.6 Å². The number of amides is 1. The zero-order chi connectivity index (χ0) is 16.7. The van der Waals surface area contributed by atoms with E-state index in [-0.39, 0.29) is 5.91 Å². The fourth-order valence-electron chi connectivity index (χ4n) is 2.46. The highest BCUT2D eigenvalue weighted by Gasteiger charge is 2.08. The molecule has 0 heterocycles. The molecular formula is C19H23NO3. The summed E-state index contributed by atoms with van der Waals surface area (Å²) in [5, 5.41) is 2.99. The van der Waals surface area contributed by atoms with Crippen LogP contribution >= 0.6 is 0 Å². The van der Waals surface area contributed by atoms with Crippen molar-refractivity contribution in [1.82, 2.24) is 0 Å². The highest BCUT2D eigenvalue weighted by atomic mass is 16.5. The number of carbonyl (C=O) groups excluding carboxylic acids is 1. The van der Waals surface area contributed by atoms with E-state index in [9.17, 15) is 4.79 Å². The fraction of sp³-hybridized carbons (Fsp3) is 0.316. The Morgan fingerprint density at radius 3 is 2.48 bits per heavy atom. The summed E-state index contributed by atoms with van der Waals surface area (Å²) < 4.78 is 10.5. The Labute approximate surface area is 137 Å². The second kappa shape index (κ2) is 8.22. The standard InChI is InChI=1S/C19H23NO3/c1-4-15-7-5-6-8-16(15)20-19(21)12-10-14-9-11-17(22-2)18(13-14)23-3/h5-9,11,13H,4,10,12H2,1-3H3,(H,20,21). The molecule has 0 fully saturated rings. The third-order valence-electron chi connectivity index (χ3n) is 3.76. The summed E-state index contributed by atoms with van der Waals surface area (Å²) in [5.74, 6) is 1.39. The lowest BCUT2D eigenvalue weighted by Crippen LogP contribution is -2.13. The van der Waals surface area contributed by atoms with Gasteiger partial charge < -0.3 is 14.8 Å².